The average Bonchev–Trinajstić information content (AvgIpc) is 2.95. The Hall–Kier alpha value is -3.46. The van der Waals surface area contributed by atoms with Gasteiger partial charge in [0.25, 0.3) is 5.91 Å². The Kier molecular flexibility index (Phi) is 4.20. The summed E-state index contributed by atoms with van der Waals surface area (Å²) >= 11 is 0. The molecule has 4 rings (SSSR count). The van der Waals surface area contributed by atoms with Crippen LogP contribution in [-0.4, -0.2) is 16.6 Å². The summed E-state index contributed by atoms with van der Waals surface area (Å²) in [5.41, 5.74) is 3.72. The molecular weight excluding hydrogens is 322 g/mol. The average molecular weight is 339 g/mol. The summed E-state index contributed by atoms with van der Waals surface area (Å²) in [6, 6.07) is 26.3. The van der Waals surface area contributed by atoms with E-state index in [4.69, 9.17) is 0 Å². The first-order valence-electron chi connectivity index (χ1n) is 8.50. The normalized spacial score (nSPS) is 14.5. The van der Waals surface area contributed by atoms with Gasteiger partial charge in [-0.3, -0.25) is 9.59 Å². The Morgan fingerprint density at radius 1 is 0.769 bits per heavy atom. The fourth-order valence-corrected chi connectivity index (χ4v) is 3.18. The maximum Gasteiger partial charge on any atom is 0.259 e. The van der Waals surface area contributed by atoms with Crippen molar-refractivity contribution in [3.05, 3.63) is 113 Å². The number of rotatable bonds is 4. The Morgan fingerprint density at radius 3 is 2.04 bits per heavy atom. The van der Waals surface area contributed by atoms with Crippen LogP contribution in [0.1, 0.15) is 31.8 Å². The lowest BCUT2D eigenvalue weighted by Crippen LogP contribution is -2.23. The molecule has 0 aliphatic carbocycles. The molecule has 0 saturated heterocycles. The monoisotopic (exact) mass is 339 g/mol. The van der Waals surface area contributed by atoms with Crippen molar-refractivity contribution < 1.29 is 9.59 Å². The summed E-state index contributed by atoms with van der Waals surface area (Å²) in [7, 11) is 0. The molecule has 0 atom stereocenters. The van der Waals surface area contributed by atoms with Crippen LogP contribution in [0.15, 0.2) is 91.0 Å². The molecule has 0 saturated carbocycles. The molecule has 0 unspecified atom stereocenters. The Balaban J connectivity index is 1.76. The highest BCUT2D eigenvalue weighted by Crippen LogP contribution is 2.34. The van der Waals surface area contributed by atoms with Crippen molar-refractivity contribution in [3.8, 4) is 0 Å². The largest absolute Gasteiger partial charge is 0.303 e. The van der Waals surface area contributed by atoms with Gasteiger partial charge in [-0.15, -0.1) is 0 Å². The minimum Gasteiger partial charge on any atom is -0.303 e. The highest BCUT2D eigenvalue weighted by Gasteiger charge is 2.32. The second-order valence-corrected chi connectivity index (χ2v) is 6.18. The molecule has 0 radical (unpaired) electrons. The highest BCUT2D eigenvalue weighted by molar-refractivity contribution is 6.15. The lowest BCUT2D eigenvalue weighted by molar-refractivity contribution is 0.0843. The standard InChI is InChI=1S/C23H17NO2/c25-22(18-11-5-2-6-12-18)15-21-19-13-7-8-14-20(19)23(26)24(21)16-17-9-3-1-4-10-17/h1-15H,16H2/b21-15-. The van der Waals surface area contributed by atoms with Gasteiger partial charge in [0.05, 0.1) is 12.2 Å². The van der Waals surface area contributed by atoms with Crippen molar-refractivity contribution in [2.75, 3.05) is 0 Å². The van der Waals surface area contributed by atoms with E-state index in [1.165, 1.54) is 0 Å². The lowest BCUT2D eigenvalue weighted by atomic mass is 10.1. The second-order valence-electron chi connectivity index (χ2n) is 6.18. The molecule has 126 valence electrons. The molecule has 0 N–H and O–H groups in total. The molecule has 0 aromatic heterocycles. The van der Waals surface area contributed by atoms with Crippen LogP contribution in [0.5, 0.6) is 0 Å². The third-order valence-corrected chi connectivity index (χ3v) is 4.48. The van der Waals surface area contributed by atoms with E-state index in [-0.39, 0.29) is 11.7 Å². The molecule has 1 aliphatic rings. The van der Waals surface area contributed by atoms with Crippen LogP contribution in [-0.2, 0) is 6.54 Å². The van der Waals surface area contributed by atoms with Crippen molar-refractivity contribution in [2.24, 2.45) is 0 Å². The fraction of sp³-hybridized carbons (Fsp3) is 0.0435. The van der Waals surface area contributed by atoms with Gasteiger partial charge in [-0.2, -0.15) is 0 Å². The third kappa shape index (κ3) is 2.95. The maximum absolute atomic E-state index is 12.9. The van der Waals surface area contributed by atoms with Crippen molar-refractivity contribution in [1.29, 1.82) is 0 Å². The minimum absolute atomic E-state index is 0.0726. The van der Waals surface area contributed by atoms with Gasteiger partial charge in [-0.1, -0.05) is 78.9 Å². The summed E-state index contributed by atoms with van der Waals surface area (Å²) < 4.78 is 0. The third-order valence-electron chi connectivity index (χ3n) is 4.48. The molecule has 1 amide bonds. The number of hydrogen-bond acceptors (Lipinski definition) is 2. The summed E-state index contributed by atoms with van der Waals surface area (Å²) in [5, 5.41) is 0. The first kappa shape index (κ1) is 16.0. The number of benzene rings is 3. The second kappa shape index (κ2) is 6.81. The Morgan fingerprint density at radius 2 is 1.35 bits per heavy atom. The summed E-state index contributed by atoms with van der Waals surface area (Å²) in [6.07, 6.45) is 1.57. The van der Waals surface area contributed by atoms with Gasteiger partial charge < -0.3 is 4.90 Å². The van der Waals surface area contributed by atoms with Gasteiger partial charge in [-0.05, 0) is 11.6 Å². The van der Waals surface area contributed by atoms with E-state index in [9.17, 15) is 9.59 Å². The van der Waals surface area contributed by atoms with Gasteiger partial charge in [0.2, 0.25) is 0 Å². The van der Waals surface area contributed by atoms with Crippen molar-refractivity contribution in [2.45, 2.75) is 6.54 Å². The maximum atomic E-state index is 12.9. The zero-order valence-corrected chi connectivity index (χ0v) is 14.1. The number of carbonyl (C=O) groups is 2. The quantitative estimate of drug-likeness (QED) is 0.516. The minimum atomic E-state index is -0.108. The predicted molar refractivity (Wildman–Crippen MR) is 102 cm³/mol. The predicted octanol–water partition coefficient (Wildman–Crippen LogP) is 4.57. The van der Waals surface area contributed by atoms with E-state index < -0.39 is 0 Å². The summed E-state index contributed by atoms with van der Waals surface area (Å²) in [5.74, 6) is -0.181. The topological polar surface area (TPSA) is 37.4 Å². The summed E-state index contributed by atoms with van der Waals surface area (Å²) in [6.45, 7) is 0.433. The lowest BCUT2D eigenvalue weighted by Gasteiger charge is -2.18. The molecule has 0 bridgehead atoms. The molecule has 3 aromatic carbocycles. The molecule has 3 heteroatoms. The molecule has 1 aliphatic heterocycles. The zero-order valence-electron chi connectivity index (χ0n) is 14.1. The first-order valence-corrected chi connectivity index (χ1v) is 8.50. The number of fused-ring (bicyclic) bond motifs is 1. The van der Waals surface area contributed by atoms with Crippen LogP contribution in [0.3, 0.4) is 0 Å². The van der Waals surface area contributed by atoms with Gasteiger partial charge in [0.15, 0.2) is 5.78 Å². The number of allylic oxidation sites excluding steroid dienone is 1. The van der Waals surface area contributed by atoms with Crippen molar-refractivity contribution in [3.63, 3.8) is 0 Å². The number of amides is 1. The Bertz CT molecular complexity index is 991. The van der Waals surface area contributed by atoms with Gasteiger partial charge >= 0.3 is 0 Å². The molecular formula is C23H17NO2. The molecule has 3 aromatic rings. The zero-order chi connectivity index (χ0) is 17.9. The smallest absolute Gasteiger partial charge is 0.259 e. The van der Waals surface area contributed by atoms with Crippen LogP contribution in [0.2, 0.25) is 0 Å². The van der Waals surface area contributed by atoms with Gasteiger partial charge in [-0.25, -0.2) is 0 Å². The first-order chi connectivity index (χ1) is 12.7. The van der Waals surface area contributed by atoms with Gasteiger partial charge in [0, 0.05) is 22.8 Å². The highest BCUT2D eigenvalue weighted by atomic mass is 16.2. The van der Waals surface area contributed by atoms with Crippen LogP contribution >= 0.6 is 0 Å². The van der Waals surface area contributed by atoms with Crippen LogP contribution in [0, 0.1) is 0 Å². The van der Waals surface area contributed by atoms with Crippen LogP contribution in [0.25, 0.3) is 5.70 Å². The number of hydrogen-bond donors (Lipinski definition) is 0. The fourth-order valence-electron chi connectivity index (χ4n) is 3.18. The van der Waals surface area contributed by atoms with Gasteiger partial charge in [0.1, 0.15) is 0 Å². The van der Waals surface area contributed by atoms with E-state index in [0.717, 1.165) is 11.1 Å². The number of ketones is 1. The molecule has 1 heterocycles. The van der Waals surface area contributed by atoms with Crippen molar-refractivity contribution >= 4 is 17.4 Å². The molecule has 0 fully saturated rings. The molecule has 26 heavy (non-hydrogen) atoms. The van der Waals surface area contributed by atoms with Crippen molar-refractivity contribution in [1.82, 2.24) is 4.90 Å². The van der Waals surface area contributed by atoms with Crippen LogP contribution < -0.4 is 0 Å². The van der Waals surface area contributed by atoms with Crippen LogP contribution in [0.4, 0.5) is 0 Å². The SMILES string of the molecule is O=C(/C=C1/c2ccccc2C(=O)N1Cc1ccccc1)c1ccccc1. The molecule has 0 spiro atoms. The van der Waals surface area contributed by atoms with E-state index in [1.807, 2.05) is 72.8 Å². The van der Waals surface area contributed by atoms with E-state index >= 15 is 0 Å². The number of nitrogens with zero attached hydrogens (tertiary/aromatic N) is 1. The number of carbonyl (C=O) groups excluding carboxylic acids is 2. The summed E-state index contributed by atoms with van der Waals surface area (Å²) in [4.78, 5) is 27.3. The van der Waals surface area contributed by atoms with E-state index in [2.05, 4.69) is 0 Å². The van der Waals surface area contributed by atoms with E-state index in [0.29, 0.717) is 23.4 Å². The molecule has 3 nitrogen and oxygen atoms in total. The van der Waals surface area contributed by atoms with E-state index in [1.54, 1.807) is 23.1 Å². The Labute approximate surface area is 152 Å².